The second-order valence-corrected chi connectivity index (χ2v) is 6.51. The van der Waals surface area contributed by atoms with E-state index >= 15 is 0 Å². The third-order valence-corrected chi connectivity index (χ3v) is 4.99. The highest BCUT2D eigenvalue weighted by molar-refractivity contribution is 9.10. The van der Waals surface area contributed by atoms with Crippen LogP contribution in [0.2, 0.25) is 5.02 Å². The molecule has 10 heteroatoms. The molecule has 3 aromatic rings. The lowest BCUT2D eigenvalue weighted by molar-refractivity contribution is 0.0590. The normalized spacial score (nSPS) is 12.8. The number of aromatic nitrogens is 4. The predicted molar refractivity (Wildman–Crippen MR) is 94.4 cm³/mol. The molecule has 3 rings (SSSR count). The van der Waals surface area contributed by atoms with Gasteiger partial charge in [-0.05, 0) is 22.0 Å². The zero-order valence-electron chi connectivity index (χ0n) is 13.6. The summed E-state index contributed by atoms with van der Waals surface area (Å²) in [5.74, 6) is 0.187. The Hall–Kier alpha value is -1.68. The zero-order valence-corrected chi connectivity index (χ0v) is 15.9. The van der Waals surface area contributed by atoms with Crippen molar-refractivity contribution < 1.29 is 19.0 Å². The number of fused-ring (bicyclic) bond motifs is 1. The Labute approximate surface area is 155 Å². The van der Waals surface area contributed by atoms with Crippen LogP contribution in [0.5, 0.6) is 5.75 Å². The molecule has 0 saturated carbocycles. The molecule has 0 spiro atoms. The second-order valence-electron chi connectivity index (χ2n) is 5.34. The molecule has 1 atom stereocenters. The van der Waals surface area contributed by atoms with Crippen LogP contribution < -0.4 is 4.74 Å². The number of aryl methyl sites for hydroxylation is 1. The van der Waals surface area contributed by atoms with E-state index in [0.29, 0.717) is 21.4 Å². The summed E-state index contributed by atoms with van der Waals surface area (Å²) < 4.78 is 26.9. The van der Waals surface area contributed by atoms with Gasteiger partial charge in [-0.1, -0.05) is 11.6 Å². The Bertz CT molecular complexity index is 943. The molecular weight excluding hydrogens is 419 g/mol. The van der Waals surface area contributed by atoms with Gasteiger partial charge in [-0.2, -0.15) is 5.10 Å². The smallest absolute Gasteiger partial charge is 0.199 e. The molecule has 0 saturated heterocycles. The molecule has 2 N–H and O–H groups in total. The standard InChI is InChI=1S/C15H15BrClFN4O3/c1-22-12-6(4-8(25-3)10(17)11(12)18)9(16)13(22)15-19-14(20-21-15)7(23)5-24-2/h4,7,23H,5H2,1-3H3,(H,19,20,21). The van der Waals surface area contributed by atoms with Crippen LogP contribution >= 0.6 is 27.5 Å². The van der Waals surface area contributed by atoms with Crippen LogP contribution in [-0.2, 0) is 11.8 Å². The highest BCUT2D eigenvalue weighted by Gasteiger charge is 2.25. The van der Waals surface area contributed by atoms with Gasteiger partial charge in [0.05, 0.1) is 23.7 Å². The first-order chi connectivity index (χ1) is 11.9. The van der Waals surface area contributed by atoms with E-state index in [1.54, 1.807) is 17.7 Å². The van der Waals surface area contributed by atoms with Gasteiger partial charge in [0.25, 0.3) is 0 Å². The summed E-state index contributed by atoms with van der Waals surface area (Å²) in [6.45, 7) is 0.0757. The van der Waals surface area contributed by atoms with Gasteiger partial charge < -0.3 is 19.1 Å². The number of aliphatic hydroxyl groups is 1. The molecule has 0 bridgehead atoms. The van der Waals surface area contributed by atoms with Crippen LogP contribution in [0.3, 0.4) is 0 Å². The number of methoxy groups -OCH3 is 2. The molecule has 1 aromatic carbocycles. The maximum Gasteiger partial charge on any atom is 0.199 e. The second kappa shape index (κ2) is 6.91. The third kappa shape index (κ3) is 2.91. The molecule has 1 unspecified atom stereocenters. The minimum atomic E-state index is -0.939. The topological polar surface area (TPSA) is 85.2 Å². The van der Waals surface area contributed by atoms with Gasteiger partial charge >= 0.3 is 0 Å². The molecule has 0 radical (unpaired) electrons. The van der Waals surface area contributed by atoms with Crippen molar-refractivity contribution >= 4 is 38.4 Å². The quantitative estimate of drug-likeness (QED) is 0.645. The Morgan fingerprint density at radius 1 is 1.48 bits per heavy atom. The lowest BCUT2D eigenvalue weighted by Crippen LogP contribution is -2.06. The molecule has 0 aliphatic carbocycles. The van der Waals surface area contributed by atoms with Crippen LogP contribution in [0.15, 0.2) is 10.5 Å². The molecule has 2 aromatic heterocycles. The number of aromatic amines is 1. The van der Waals surface area contributed by atoms with Gasteiger partial charge in [0.1, 0.15) is 22.6 Å². The maximum absolute atomic E-state index is 14.7. The van der Waals surface area contributed by atoms with Crippen molar-refractivity contribution in [2.45, 2.75) is 6.10 Å². The first-order valence-electron chi connectivity index (χ1n) is 7.20. The first kappa shape index (κ1) is 18.1. The number of nitrogens with zero attached hydrogens (tertiary/aromatic N) is 3. The van der Waals surface area contributed by atoms with E-state index in [1.807, 2.05) is 0 Å². The van der Waals surface area contributed by atoms with Crippen molar-refractivity contribution in [2.24, 2.45) is 7.05 Å². The van der Waals surface area contributed by atoms with Crippen molar-refractivity contribution in [2.75, 3.05) is 20.8 Å². The van der Waals surface area contributed by atoms with Crippen LogP contribution in [-0.4, -0.2) is 45.7 Å². The number of benzene rings is 1. The summed E-state index contributed by atoms with van der Waals surface area (Å²) in [4.78, 5) is 4.28. The summed E-state index contributed by atoms with van der Waals surface area (Å²) >= 11 is 9.49. The Kier molecular flexibility index (Phi) is 5.01. The van der Waals surface area contributed by atoms with Crippen molar-refractivity contribution in [1.82, 2.24) is 19.7 Å². The molecule has 0 amide bonds. The number of hydrogen-bond acceptors (Lipinski definition) is 5. The number of ether oxygens (including phenoxy) is 2. The lowest BCUT2D eigenvalue weighted by Gasteiger charge is -2.06. The van der Waals surface area contributed by atoms with E-state index in [0.717, 1.165) is 0 Å². The van der Waals surface area contributed by atoms with E-state index < -0.39 is 11.9 Å². The van der Waals surface area contributed by atoms with Crippen molar-refractivity contribution in [3.63, 3.8) is 0 Å². The summed E-state index contributed by atoms with van der Waals surface area (Å²) in [7, 11) is 4.57. The fraction of sp³-hybridized carbons (Fsp3) is 0.333. The molecule has 134 valence electrons. The van der Waals surface area contributed by atoms with Gasteiger partial charge in [0.2, 0.25) is 0 Å². The van der Waals surface area contributed by atoms with E-state index in [2.05, 4.69) is 31.1 Å². The minimum absolute atomic E-state index is 0.0757. The fourth-order valence-corrected chi connectivity index (χ4v) is 3.60. The molecular formula is C15H15BrClFN4O3. The number of nitrogens with one attached hydrogen (secondary N) is 1. The number of aliphatic hydroxyl groups excluding tert-OH is 1. The van der Waals surface area contributed by atoms with Gasteiger partial charge in [-0.3, -0.25) is 5.10 Å². The summed E-state index contributed by atoms with van der Waals surface area (Å²) in [5, 5.41) is 17.2. The first-order valence-corrected chi connectivity index (χ1v) is 8.37. The van der Waals surface area contributed by atoms with Gasteiger partial charge in [-0.25, -0.2) is 9.37 Å². The lowest BCUT2D eigenvalue weighted by atomic mass is 10.2. The van der Waals surface area contributed by atoms with Crippen molar-refractivity contribution in [3.05, 3.63) is 27.2 Å². The van der Waals surface area contributed by atoms with Gasteiger partial charge in [0.15, 0.2) is 17.5 Å². The molecule has 0 aliphatic heterocycles. The summed E-state index contributed by atoms with van der Waals surface area (Å²) in [6, 6.07) is 1.64. The summed E-state index contributed by atoms with van der Waals surface area (Å²) in [6.07, 6.45) is -0.939. The average molecular weight is 434 g/mol. The van der Waals surface area contributed by atoms with Crippen molar-refractivity contribution in [3.8, 4) is 17.3 Å². The highest BCUT2D eigenvalue weighted by atomic mass is 79.9. The molecule has 0 aliphatic rings. The highest BCUT2D eigenvalue weighted by Crippen LogP contribution is 2.42. The molecule has 0 fully saturated rings. The Morgan fingerprint density at radius 2 is 2.20 bits per heavy atom. The van der Waals surface area contributed by atoms with Gasteiger partial charge in [0, 0.05) is 19.5 Å². The minimum Gasteiger partial charge on any atom is -0.495 e. The van der Waals surface area contributed by atoms with E-state index in [-0.39, 0.29) is 28.7 Å². The Morgan fingerprint density at radius 3 is 2.84 bits per heavy atom. The van der Waals surface area contributed by atoms with Crippen molar-refractivity contribution in [1.29, 1.82) is 0 Å². The number of hydrogen-bond donors (Lipinski definition) is 2. The zero-order chi connectivity index (χ0) is 18.3. The van der Waals surface area contributed by atoms with Crippen LogP contribution in [0.25, 0.3) is 22.4 Å². The van der Waals surface area contributed by atoms with Crippen LogP contribution in [0.1, 0.15) is 11.9 Å². The van der Waals surface area contributed by atoms with E-state index in [9.17, 15) is 9.50 Å². The molecule has 2 heterocycles. The third-order valence-electron chi connectivity index (χ3n) is 3.84. The van der Waals surface area contributed by atoms with E-state index in [1.165, 1.54) is 14.2 Å². The SMILES string of the molecule is COCC(O)c1nc(-c2c(Br)c3cc(OC)c(Cl)c(F)c3n2C)n[nH]1. The fourth-order valence-electron chi connectivity index (χ4n) is 2.64. The van der Waals surface area contributed by atoms with Crippen LogP contribution in [0, 0.1) is 5.82 Å². The number of rotatable bonds is 5. The largest absolute Gasteiger partial charge is 0.495 e. The summed E-state index contributed by atoms with van der Waals surface area (Å²) in [5.41, 5.74) is 0.821. The average Bonchev–Trinajstić information content (AvgIpc) is 3.15. The Balaban J connectivity index is 2.19. The predicted octanol–water partition coefficient (Wildman–Crippen LogP) is 3.21. The van der Waals surface area contributed by atoms with Gasteiger partial charge in [-0.15, -0.1) is 0 Å². The number of H-pyrrole nitrogens is 1. The number of halogens is 3. The van der Waals surface area contributed by atoms with E-state index in [4.69, 9.17) is 21.1 Å². The molecule has 25 heavy (non-hydrogen) atoms. The van der Waals surface area contributed by atoms with Crippen LogP contribution in [0.4, 0.5) is 4.39 Å². The molecule has 7 nitrogen and oxygen atoms in total. The maximum atomic E-state index is 14.7. The monoisotopic (exact) mass is 432 g/mol.